The van der Waals surface area contributed by atoms with Crippen molar-refractivity contribution in [3.8, 4) is 56.4 Å². The molecular formula is C112H72N10. The number of imidazole rings is 2. The van der Waals surface area contributed by atoms with E-state index in [0.717, 1.165) is 123 Å². The molecule has 122 heavy (non-hydrogen) atoms. The Labute approximate surface area is 701 Å². The van der Waals surface area contributed by atoms with E-state index in [4.69, 9.17) is 19.9 Å². The largest absolute Gasteiger partial charge is 0.311 e. The van der Waals surface area contributed by atoms with E-state index in [-0.39, 0.29) is 0 Å². The van der Waals surface area contributed by atoms with Crippen LogP contribution in [0.25, 0.3) is 188 Å². The molecule has 0 fully saturated rings. The molecule has 0 aliphatic carbocycles. The van der Waals surface area contributed by atoms with Crippen LogP contribution >= 0.6 is 0 Å². The summed E-state index contributed by atoms with van der Waals surface area (Å²) >= 11 is 0. The van der Waals surface area contributed by atoms with E-state index < -0.39 is 0 Å². The molecule has 25 aromatic rings. The molecule has 570 valence electrons. The summed E-state index contributed by atoms with van der Waals surface area (Å²) in [5.74, 6) is 1.64. The highest BCUT2D eigenvalue weighted by atomic mass is 15.2. The average molecular weight is 1560 g/mol. The Morgan fingerprint density at radius 2 is 0.467 bits per heavy atom. The van der Waals surface area contributed by atoms with Crippen LogP contribution in [0.5, 0.6) is 0 Å². The Kier molecular flexibility index (Phi) is 16.4. The molecule has 0 amide bonds. The van der Waals surface area contributed by atoms with Gasteiger partial charge in [0.05, 0.1) is 55.2 Å². The number of nitrogens with zero attached hydrogens (tertiary/aromatic N) is 10. The number of anilines is 6. The first-order valence-corrected chi connectivity index (χ1v) is 41.4. The normalized spacial score (nSPS) is 11.8. The third-order valence-corrected chi connectivity index (χ3v) is 24.3. The van der Waals surface area contributed by atoms with Gasteiger partial charge in [-0.1, -0.05) is 279 Å². The lowest BCUT2D eigenvalue weighted by molar-refractivity contribution is 0.981. The fourth-order valence-electron chi connectivity index (χ4n) is 18.7. The molecule has 19 aromatic carbocycles. The summed E-state index contributed by atoms with van der Waals surface area (Å²) < 4.78 is 9.19. The van der Waals surface area contributed by atoms with Crippen LogP contribution in [-0.2, 0) is 0 Å². The van der Waals surface area contributed by atoms with Gasteiger partial charge in [0.25, 0.3) is 0 Å². The summed E-state index contributed by atoms with van der Waals surface area (Å²) in [5.41, 5.74) is 28.2. The highest BCUT2D eigenvalue weighted by molar-refractivity contribution is 6.24. The Bertz CT molecular complexity index is 8350. The lowest BCUT2D eigenvalue weighted by atomic mass is 9.93. The van der Waals surface area contributed by atoms with E-state index in [0.29, 0.717) is 0 Å². The lowest BCUT2D eigenvalue weighted by Crippen LogP contribution is -2.09. The zero-order valence-corrected chi connectivity index (χ0v) is 66.0. The topological polar surface area (TPSA) is 76.7 Å². The van der Waals surface area contributed by atoms with Gasteiger partial charge in [-0.15, -0.1) is 0 Å². The molecule has 0 radical (unpaired) electrons. The highest BCUT2D eigenvalue weighted by Crippen LogP contribution is 2.47. The van der Waals surface area contributed by atoms with Crippen LogP contribution in [0.15, 0.2) is 437 Å². The molecule has 0 saturated carbocycles. The highest BCUT2D eigenvalue weighted by Gasteiger charge is 2.27. The molecule has 0 spiro atoms. The molecule has 0 bridgehead atoms. The Hall–Kier alpha value is -16.6. The monoisotopic (exact) mass is 1560 g/mol. The molecule has 6 heterocycles. The first kappa shape index (κ1) is 69.7. The summed E-state index contributed by atoms with van der Waals surface area (Å²) in [7, 11) is 0. The maximum Gasteiger partial charge on any atom is 0.221 e. The van der Waals surface area contributed by atoms with Crippen molar-refractivity contribution in [1.29, 1.82) is 0 Å². The van der Waals surface area contributed by atoms with E-state index in [1.165, 1.54) is 98.4 Å². The first-order valence-electron chi connectivity index (χ1n) is 41.4. The van der Waals surface area contributed by atoms with Crippen LogP contribution in [-0.4, -0.2) is 37.9 Å². The van der Waals surface area contributed by atoms with Crippen molar-refractivity contribution < 1.29 is 0 Å². The Balaban J connectivity index is 0.000000138. The molecule has 0 aliphatic rings. The summed E-state index contributed by atoms with van der Waals surface area (Å²) in [6.45, 7) is 0. The van der Waals surface area contributed by atoms with Crippen LogP contribution in [0.4, 0.5) is 34.1 Å². The lowest BCUT2D eigenvalue weighted by Gasteiger charge is -2.25. The van der Waals surface area contributed by atoms with Crippen molar-refractivity contribution in [3.05, 3.63) is 437 Å². The average Bonchev–Trinajstić information content (AvgIpc) is 1.55. The minimum atomic E-state index is 0.822. The van der Waals surface area contributed by atoms with Crippen molar-refractivity contribution in [3.63, 3.8) is 0 Å². The fraction of sp³-hybridized carbons (Fsp3) is 0. The number of aromatic nitrogens is 8. The van der Waals surface area contributed by atoms with Gasteiger partial charge in [0.1, 0.15) is 11.3 Å². The standard InChI is InChI=1S/C58H37N5.C54H35N5/c1-3-15-43(16-4-1)61(44-17-5-2-6-18-44)45-33-31-38(32-34-45)39-27-28-41-36-42(30-29-40(41)35-39)50-37-51-47-20-10-13-25-54(47)62(56(51)48-21-8-7-19-46(48)50)58-60-52-23-11-9-22-49(52)57-59-53-24-12-14-26-55(53)63(57)58;1-3-15-39(16-4-1)57(40-17-5-2-6-18-40)41-33-31-37(32-34-41)36-27-29-38(30-28-36)46-35-47-43-20-10-13-25-50(43)58(52(47)44-21-8-7-19-42(44)46)54-56-48-23-11-9-22-45(48)53-55-49-24-12-14-26-51(49)59(53)54/h1-37H;1-35H. The van der Waals surface area contributed by atoms with Gasteiger partial charge in [-0.25, -0.2) is 19.9 Å². The van der Waals surface area contributed by atoms with E-state index in [2.05, 4.69) is 465 Å². The number of para-hydroxylation sites is 12. The van der Waals surface area contributed by atoms with Crippen molar-refractivity contribution in [1.82, 2.24) is 37.9 Å². The van der Waals surface area contributed by atoms with Crippen molar-refractivity contribution >= 4 is 165 Å². The van der Waals surface area contributed by atoms with Gasteiger partial charge in [0.2, 0.25) is 11.9 Å². The third-order valence-electron chi connectivity index (χ3n) is 24.3. The van der Waals surface area contributed by atoms with Crippen molar-refractivity contribution in [2.45, 2.75) is 0 Å². The van der Waals surface area contributed by atoms with E-state index in [9.17, 15) is 0 Å². The van der Waals surface area contributed by atoms with E-state index >= 15 is 0 Å². The van der Waals surface area contributed by atoms with Crippen LogP contribution in [0, 0.1) is 0 Å². The molecule has 0 N–H and O–H groups in total. The van der Waals surface area contributed by atoms with Crippen LogP contribution < -0.4 is 9.80 Å². The molecule has 10 heteroatoms. The van der Waals surface area contributed by atoms with Gasteiger partial charge in [-0.2, -0.15) is 0 Å². The maximum absolute atomic E-state index is 5.44. The van der Waals surface area contributed by atoms with Crippen molar-refractivity contribution in [2.24, 2.45) is 0 Å². The number of rotatable bonds is 12. The van der Waals surface area contributed by atoms with Crippen LogP contribution in [0.3, 0.4) is 0 Å². The van der Waals surface area contributed by atoms with Gasteiger partial charge in [-0.05, 0) is 224 Å². The maximum atomic E-state index is 5.44. The molecular weight excluding hydrogens is 1490 g/mol. The Morgan fingerprint density at radius 1 is 0.180 bits per heavy atom. The Morgan fingerprint density at radius 3 is 0.885 bits per heavy atom. The minimum Gasteiger partial charge on any atom is -0.311 e. The van der Waals surface area contributed by atoms with Gasteiger partial charge in [0.15, 0.2) is 0 Å². The smallest absolute Gasteiger partial charge is 0.221 e. The van der Waals surface area contributed by atoms with E-state index in [1.54, 1.807) is 0 Å². The summed E-state index contributed by atoms with van der Waals surface area (Å²) in [6.07, 6.45) is 0. The van der Waals surface area contributed by atoms with E-state index in [1.807, 2.05) is 0 Å². The van der Waals surface area contributed by atoms with Gasteiger partial charge in [-0.3, -0.25) is 17.9 Å². The first-order chi connectivity index (χ1) is 60.5. The predicted octanol–water partition coefficient (Wildman–Crippen LogP) is 29.3. The molecule has 6 aromatic heterocycles. The molecule has 10 nitrogen and oxygen atoms in total. The van der Waals surface area contributed by atoms with Crippen molar-refractivity contribution in [2.75, 3.05) is 9.80 Å². The molecule has 0 saturated heterocycles. The van der Waals surface area contributed by atoms with Crippen LogP contribution in [0.1, 0.15) is 0 Å². The summed E-state index contributed by atoms with van der Waals surface area (Å²) in [5, 5.41) is 13.9. The predicted molar refractivity (Wildman–Crippen MR) is 508 cm³/mol. The second-order valence-electron chi connectivity index (χ2n) is 31.3. The number of benzene rings is 19. The van der Waals surface area contributed by atoms with Crippen LogP contribution in [0.2, 0.25) is 0 Å². The summed E-state index contributed by atoms with van der Waals surface area (Å²) in [6, 6.07) is 156. The quantitative estimate of drug-likeness (QED) is 0.121. The summed E-state index contributed by atoms with van der Waals surface area (Å²) in [4.78, 5) is 25.8. The third kappa shape index (κ3) is 11.5. The fourth-order valence-corrected chi connectivity index (χ4v) is 18.7. The molecule has 0 aliphatic heterocycles. The second kappa shape index (κ2) is 28.7. The van der Waals surface area contributed by atoms with Gasteiger partial charge < -0.3 is 9.80 Å². The molecule has 0 atom stereocenters. The van der Waals surface area contributed by atoms with Gasteiger partial charge in [0, 0.05) is 77.2 Å². The number of fused-ring (bicyclic) bond motifs is 21. The minimum absolute atomic E-state index is 0.822. The number of hydrogen-bond acceptors (Lipinski definition) is 6. The molecule has 25 rings (SSSR count). The molecule has 0 unspecified atom stereocenters. The SMILES string of the molecule is c1ccc(N(c2ccccc2)c2ccc(-c3ccc(-c4cc5c6ccccc6n(-c6nc7ccccc7c7nc8ccccc8n67)c5c5ccccc45)cc3)cc2)cc1.c1ccc(N(c2ccccc2)c2ccc(-c3ccc4cc(-c5cc6c7ccccc7n(-c7nc8ccccc8c8nc9ccccc9n78)c6c6ccccc56)ccc4c3)cc2)cc1. The zero-order valence-electron chi connectivity index (χ0n) is 66.0. The number of hydrogen-bond donors (Lipinski definition) is 0. The van der Waals surface area contributed by atoms with Gasteiger partial charge >= 0.3 is 0 Å². The second-order valence-corrected chi connectivity index (χ2v) is 31.3. The zero-order chi connectivity index (χ0) is 80.3.